The number of anilines is 1. The number of alkyl carbamates (subject to hydrolysis) is 1. The SMILES string of the molecule is CC(C)(C)OC(=O)NCC(=O)Nc1ccc2oc(=O)[nH]c2c1. The zero-order valence-corrected chi connectivity index (χ0v) is 12.5. The molecule has 0 unspecified atom stereocenters. The van der Waals surface area contributed by atoms with E-state index in [1.54, 1.807) is 39.0 Å². The number of nitrogens with one attached hydrogen (secondary N) is 3. The number of amides is 2. The first-order chi connectivity index (χ1) is 10.2. The second-order valence-corrected chi connectivity index (χ2v) is 5.63. The van der Waals surface area contributed by atoms with Gasteiger partial charge in [0.2, 0.25) is 5.91 Å². The molecule has 0 spiro atoms. The number of carbonyl (C=O) groups excluding carboxylic acids is 2. The molecule has 0 saturated heterocycles. The van der Waals surface area contributed by atoms with Crippen LogP contribution in [0.1, 0.15) is 20.8 Å². The minimum Gasteiger partial charge on any atom is -0.444 e. The number of fused-ring (bicyclic) bond motifs is 1. The Hall–Kier alpha value is -2.77. The van der Waals surface area contributed by atoms with Crippen LogP contribution in [0.3, 0.4) is 0 Å². The van der Waals surface area contributed by atoms with Crippen molar-refractivity contribution in [3.63, 3.8) is 0 Å². The second-order valence-electron chi connectivity index (χ2n) is 5.63. The molecule has 0 radical (unpaired) electrons. The van der Waals surface area contributed by atoms with Gasteiger partial charge in [-0.1, -0.05) is 0 Å². The Morgan fingerprint density at radius 3 is 2.73 bits per heavy atom. The molecule has 2 amide bonds. The third-order valence-electron chi connectivity index (χ3n) is 2.49. The van der Waals surface area contributed by atoms with Gasteiger partial charge in [0.05, 0.1) is 5.52 Å². The number of oxazole rings is 1. The van der Waals surface area contributed by atoms with Crippen LogP contribution in [0.2, 0.25) is 0 Å². The van der Waals surface area contributed by atoms with Crippen molar-refractivity contribution >= 4 is 28.8 Å². The topological polar surface area (TPSA) is 113 Å². The van der Waals surface area contributed by atoms with Gasteiger partial charge in [0.1, 0.15) is 12.1 Å². The highest BCUT2D eigenvalue weighted by Crippen LogP contribution is 2.15. The van der Waals surface area contributed by atoms with Crippen LogP contribution < -0.4 is 16.4 Å². The van der Waals surface area contributed by atoms with E-state index in [9.17, 15) is 14.4 Å². The summed E-state index contributed by atoms with van der Waals surface area (Å²) in [6.45, 7) is 4.96. The second kappa shape index (κ2) is 5.92. The number of hydrogen-bond acceptors (Lipinski definition) is 5. The number of hydrogen-bond donors (Lipinski definition) is 3. The predicted octanol–water partition coefficient (Wildman–Crippen LogP) is 1.58. The first kappa shape index (κ1) is 15.6. The Morgan fingerprint density at radius 1 is 1.32 bits per heavy atom. The summed E-state index contributed by atoms with van der Waals surface area (Å²) < 4.78 is 9.87. The van der Waals surface area contributed by atoms with E-state index in [2.05, 4.69) is 15.6 Å². The van der Waals surface area contributed by atoms with Crippen LogP contribution in [0.15, 0.2) is 27.4 Å². The van der Waals surface area contributed by atoms with E-state index in [1.807, 2.05) is 0 Å². The molecule has 0 aliphatic carbocycles. The van der Waals surface area contributed by atoms with Crippen LogP contribution in [0.5, 0.6) is 0 Å². The molecule has 0 bridgehead atoms. The van der Waals surface area contributed by atoms with Crippen LogP contribution in [0, 0.1) is 0 Å². The molecule has 8 heteroatoms. The van der Waals surface area contributed by atoms with E-state index in [1.165, 1.54) is 0 Å². The summed E-state index contributed by atoms with van der Waals surface area (Å²) in [6.07, 6.45) is -0.669. The average Bonchev–Trinajstić information content (AvgIpc) is 2.74. The monoisotopic (exact) mass is 307 g/mol. The molecule has 0 atom stereocenters. The molecule has 2 rings (SSSR count). The van der Waals surface area contributed by atoms with Crippen molar-refractivity contribution < 1.29 is 18.7 Å². The summed E-state index contributed by atoms with van der Waals surface area (Å²) >= 11 is 0. The van der Waals surface area contributed by atoms with Gasteiger partial charge in [-0.2, -0.15) is 0 Å². The summed E-state index contributed by atoms with van der Waals surface area (Å²) in [5.41, 5.74) is 0.719. The molecule has 0 aliphatic heterocycles. The lowest BCUT2D eigenvalue weighted by Gasteiger charge is -2.19. The maximum Gasteiger partial charge on any atom is 0.417 e. The molecule has 22 heavy (non-hydrogen) atoms. The smallest absolute Gasteiger partial charge is 0.417 e. The van der Waals surface area contributed by atoms with Crippen LogP contribution in [0.25, 0.3) is 11.1 Å². The van der Waals surface area contributed by atoms with Gasteiger partial charge >= 0.3 is 11.8 Å². The van der Waals surface area contributed by atoms with Crippen LogP contribution in [-0.2, 0) is 9.53 Å². The van der Waals surface area contributed by atoms with Crippen molar-refractivity contribution in [3.8, 4) is 0 Å². The Bertz CT molecular complexity index is 754. The molecular weight excluding hydrogens is 290 g/mol. The van der Waals surface area contributed by atoms with Crippen molar-refractivity contribution in [3.05, 3.63) is 28.7 Å². The highest BCUT2D eigenvalue weighted by molar-refractivity contribution is 5.95. The molecular formula is C14H17N3O5. The summed E-state index contributed by atoms with van der Waals surface area (Å²) in [6, 6.07) is 4.71. The van der Waals surface area contributed by atoms with Gasteiger partial charge in [-0.15, -0.1) is 0 Å². The van der Waals surface area contributed by atoms with E-state index < -0.39 is 23.4 Å². The third kappa shape index (κ3) is 4.37. The summed E-state index contributed by atoms with van der Waals surface area (Å²) in [4.78, 5) is 36.7. The number of H-pyrrole nitrogens is 1. The number of carbonyl (C=O) groups is 2. The van der Waals surface area contributed by atoms with Crippen LogP contribution >= 0.6 is 0 Å². The predicted molar refractivity (Wildman–Crippen MR) is 79.7 cm³/mol. The van der Waals surface area contributed by atoms with E-state index in [0.717, 1.165) is 0 Å². The molecule has 3 N–H and O–H groups in total. The lowest BCUT2D eigenvalue weighted by atomic mass is 10.2. The fourth-order valence-electron chi connectivity index (χ4n) is 1.70. The zero-order chi connectivity index (χ0) is 16.3. The number of benzene rings is 1. The largest absolute Gasteiger partial charge is 0.444 e. The van der Waals surface area contributed by atoms with Gasteiger partial charge in [-0.25, -0.2) is 9.59 Å². The van der Waals surface area contributed by atoms with Crippen molar-refractivity contribution in [2.75, 3.05) is 11.9 Å². The maximum absolute atomic E-state index is 11.7. The van der Waals surface area contributed by atoms with Crippen molar-refractivity contribution in [2.24, 2.45) is 0 Å². The van der Waals surface area contributed by atoms with Crippen molar-refractivity contribution in [1.82, 2.24) is 10.3 Å². The minimum atomic E-state index is -0.669. The Kier molecular flexibility index (Phi) is 4.20. The van der Waals surface area contributed by atoms with E-state index in [0.29, 0.717) is 16.8 Å². The first-order valence-electron chi connectivity index (χ1n) is 6.62. The van der Waals surface area contributed by atoms with Gasteiger partial charge < -0.3 is 19.8 Å². The summed E-state index contributed by atoms with van der Waals surface area (Å²) in [7, 11) is 0. The lowest BCUT2D eigenvalue weighted by Crippen LogP contribution is -2.37. The Balaban J connectivity index is 1.90. The van der Waals surface area contributed by atoms with E-state index in [4.69, 9.17) is 9.15 Å². The number of rotatable bonds is 3. The summed E-state index contributed by atoms with van der Waals surface area (Å²) in [5, 5.41) is 4.94. The van der Waals surface area contributed by atoms with Crippen molar-refractivity contribution in [2.45, 2.75) is 26.4 Å². The Labute approximate surface area is 125 Å². The third-order valence-corrected chi connectivity index (χ3v) is 2.49. The maximum atomic E-state index is 11.7. The van der Waals surface area contributed by atoms with Gasteiger partial charge in [0, 0.05) is 5.69 Å². The minimum absolute atomic E-state index is 0.227. The Morgan fingerprint density at radius 2 is 2.05 bits per heavy atom. The highest BCUT2D eigenvalue weighted by atomic mass is 16.6. The summed E-state index contributed by atoms with van der Waals surface area (Å²) in [5.74, 6) is -0.985. The molecule has 0 aliphatic rings. The van der Waals surface area contributed by atoms with Crippen LogP contribution in [0.4, 0.5) is 10.5 Å². The molecule has 1 aromatic carbocycles. The fourth-order valence-corrected chi connectivity index (χ4v) is 1.70. The highest BCUT2D eigenvalue weighted by Gasteiger charge is 2.16. The number of ether oxygens (including phenoxy) is 1. The van der Waals surface area contributed by atoms with Gasteiger partial charge in [0.25, 0.3) is 0 Å². The quantitative estimate of drug-likeness (QED) is 0.796. The van der Waals surface area contributed by atoms with E-state index in [-0.39, 0.29) is 6.54 Å². The molecule has 118 valence electrons. The van der Waals surface area contributed by atoms with Crippen LogP contribution in [-0.4, -0.2) is 29.1 Å². The molecule has 0 fully saturated rings. The zero-order valence-electron chi connectivity index (χ0n) is 12.5. The molecule has 0 saturated carbocycles. The molecule has 8 nitrogen and oxygen atoms in total. The molecule has 1 heterocycles. The number of aromatic amines is 1. The molecule has 1 aromatic heterocycles. The fraction of sp³-hybridized carbons (Fsp3) is 0.357. The standard InChI is InChI=1S/C14H17N3O5/c1-14(2,3)22-12(19)15-7-11(18)16-8-4-5-10-9(6-8)17-13(20)21-10/h4-6H,7H2,1-3H3,(H,15,19)(H,16,18)(H,17,20). The van der Waals surface area contributed by atoms with Gasteiger partial charge in [-0.05, 0) is 39.0 Å². The van der Waals surface area contributed by atoms with E-state index >= 15 is 0 Å². The van der Waals surface area contributed by atoms with Gasteiger partial charge in [-0.3, -0.25) is 9.78 Å². The molecule has 2 aromatic rings. The number of aromatic nitrogens is 1. The van der Waals surface area contributed by atoms with Crippen molar-refractivity contribution in [1.29, 1.82) is 0 Å². The lowest BCUT2D eigenvalue weighted by molar-refractivity contribution is -0.115. The van der Waals surface area contributed by atoms with Gasteiger partial charge in [0.15, 0.2) is 5.58 Å². The normalized spacial score (nSPS) is 11.2. The average molecular weight is 307 g/mol. The first-order valence-corrected chi connectivity index (χ1v) is 6.62.